The largest absolute Gasteiger partial charge is 0.497 e. The standard InChI is InChI=1S/C24H31N5O3Si/c1-28-14-20(19-10-18(31-2)6-7-22(19)28)23-11-21-24(26-13-17(27-21)12-25-15-30)29(23)16-32-8-9-33(3,4)5/h6-7,10-11,13-15H,8-9,12,16H2,1-5H3,(H,25,30). The van der Waals surface area contributed by atoms with Gasteiger partial charge in [-0.25, -0.2) is 9.97 Å². The number of aromatic nitrogens is 4. The minimum Gasteiger partial charge on any atom is -0.497 e. The van der Waals surface area contributed by atoms with Gasteiger partial charge in [0, 0.05) is 44.4 Å². The number of rotatable bonds is 10. The Morgan fingerprint density at radius 1 is 1.21 bits per heavy atom. The zero-order valence-corrected chi connectivity index (χ0v) is 20.9. The van der Waals surface area contributed by atoms with E-state index in [1.165, 1.54) is 0 Å². The van der Waals surface area contributed by atoms with Crippen molar-refractivity contribution in [1.29, 1.82) is 0 Å². The summed E-state index contributed by atoms with van der Waals surface area (Å²) in [6.07, 6.45) is 4.48. The van der Waals surface area contributed by atoms with Crippen molar-refractivity contribution in [3.8, 4) is 17.0 Å². The molecule has 0 aliphatic heterocycles. The van der Waals surface area contributed by atoms with Crippen molar-refractivity contribution in [3.05, 3.63) is 42.4 Å². The smallest absolute Gasteiger partial charge is 0.207 e. The maximum absolute atomic E-state index is 10.7. The quantitative estimate of drug-likeness (QED) is 0.216. The van der Waals surface area contributed by atoms with Crippen LogP contribution >= 0.6 is 0 Å². The summed E-state index contributed by atoms with van der Waals surface area (Å²) in [6, 6.07) is 9.23. The third kappa shape index (κ3) is 4.94. The van der Waals surface area contributed by atoms with E-state index in [1.807, 2.05) is 19.2 Å². The summed E-state index contributed by atoms with van der Waals surface area (Å²) in [4.78, 5) is 20.1. The molecule has 3 aromatic heterocycles. The lowest BCUT2D eigenvalue weighted by Crippen LogP contribution is -2.22. The second-order valence-corrected chi connectivity index (χ2v) is 15.0. The van der Waals surface area contributed by atoms with Gasteiger partial charge < -0.3 is 19.4 Å². The van der Waals surface area contributed by atoms with Crippen molar-refractivity contribution in [2.75, 3.05) is 13.7 Å². The maximum atomic E-state index is 10.7. The molecule has 0 saturated heterocycles. The van der Waals surface area contributed by atoms with Gasteiger partial charge in [-0.1, -0.05) is 19.6 Å². The molecule has 8 nitrogen and oxygen atoms in total. The fourth-order valence-corrected chi connectivity index (χ4v) is 4.64. The summed E-state index contributed by atoms with van der Waals surface area (Å²) in [5.41, 5.74) is 5.39. The van der Waals surface area contributed by atoms with Crippen LogP contribution in [0.3, 0.4) is 0 Å². The molecule has 33 heavy (non-hydrogen) atoms. The highest BCUT2D eigenvalue weighted by atomic mass is 28.3. The summed E-state index contributed by atoms with van der Waals surface area (Å²) >= 11 is 0. The summed E-state index contributed by atoms with van der Waals surface area (Å²) in [5, 5.41) is 3.74. The Bertz CT molecular complexity index is 1290. The molecule has 9 heteroatoms. The molecular weight excluding hydrogens is 434 g/mol. The number of amides is 1. The van der Waals surface area contributed by atoms with E-state index >= 15 is 0 Å². The minimum absolute atomic E-state index is 0.338. The summed E-state index contributed by atoms with van der Waals surface area (Å²) < 4.78 is 15.8. The topological polar surface area (TPSA) is 83.2 Å². The number of fused-ring (bicyclic) bond motifs is 2. The lowest BCUT2D eigenvalue weighted by molar-refractivity contribution is -0.109. The highest BCUT2D eigenvalue weighted by molar-refractivity contribution is 6.76. The van der Waals surface area contributed by atoms with Gasteiger partial charge in [0.25, 0.3) is 0 Å². The van der Waals surface area contributed by atoms with Crippen LogP contribution in [0.15, 0.2) is 36.7 Å². The first kappa shape index (κ1) is 23.0. The average molecular weight is 466 g/mol. The van der Waals surface area contributed by atoms with Crippen molar-refractivity contribution in [2.24, 2.45) is 7.05 Å². The van der Waals surface area contributed by atoms with Crippen LogP contribution in [0.4, 0.5) is 0 Å². The zero-order chi connectivity index (χ0) is 23.6. The first-order chi connectivity index (χ1) is 15.8. The number of methoxy groups -OCH3 is 1. The van der Waals surface area contributed by atoms with Gasteiger partial charge in [-0.2, -0.15) is 0 Å². The Morgan fingerprint density at radius 2 is 2.03 bits per heavy atom. The first-order valence-electron chi connectivity index (χ1n) is 11.0. The Balaban J connectivity index is 1.80. The summed E-state index contributed by atoms with van der Waals surface area (Å²) in [6.45, 7) is 8.48. The molecule has 4 aromatic rings. The molecule has 0 fully saturated rings. The highest BCUT2D eigenvalue weighted by Gasteiger charge is 2.19. The zero-order valence-electron chi connectivity index (χ0n) is 19.9. The van der Waals surface area contributed by atoms with Crippen molar-refractivity contribution < 1.29 is 14.3 Å². The van der Waals surface area contributed by atoms with Crippen LogP contribution < -0.4 is 10.1 Å². The van der Waals surface area contributed by atoms with Gasteiger partial charge in [-0.15, -0.1) is 0 Å². The summed E-state index contributed by atoms with van der Waals surface area (Å²) in [7, 11) is 2.52. The van der Waals surface area contributed by atoms with Crippen LogP contribution in [0.2, 0.25) is 25.7 Å². The van der Waals surface area contributed by atoms with Gasteiger partial charge in [0.15, 0.2) is 5.65 Å². The van der Waals surface area contributed by atoms with E-state index < -0.39 is 8.07 Å². The van der Waals surface area contributed by atoms with Crippen molar-refractivity contribution in [1.82, 2.24) is 24.4 Å². The van der Waals surface area contributed by atoms with Gasteiger partial charge in [-0.3, -0.25) is 9.36 Å². The van der Waals surface area contributed by atoms with E-state index in [4.69, 9.17) is 14.5 Å². The Morgan fingerprint density at radius 3 is 2.76 bits per heavy atom. The van der Waals surface area contributed by atoms with E-state index in [2.05, 4.69) is 57.4 Å². The normalized spacial score (nSPS) is 11.9. The third-order valence-corrected chi connectivity index (χ3v) is 7.41. The molecule has 174 valence electrons. The second kappa shape index (κ2) is 9.36. The number of benzene rings is 1. The molecule has 1 N–H and O–H groups in total. The number of nitrogens with one attached hydrogen (secondary N) is 1. The lowest BCUT2D eigenvalue weighted by atomic mass is 10.1. The van der Waals surface area contributed by atoms with Crippen LogP contribution in [0.25, 0.3) is 33.3 Å². The SMILES string of the molecule is COc1ccc2c(c1)c(-c1cc3nc(CNC=O)cnc3n1COCC[Si](C)(C)C)cn2C. The van der Waals surface area contributed by atoms with Gasteiger partial charge in [0.05, 0.1) is 31.2 Å². The first-order valence-corrected chi connectivity index (χ1v) is 14.7. The molecule has 0 unspecified atom stereocenters. The molecule has 4 rings (SSSR count). The fraction of sp³-hybridized carbons (Fsp3) is 0.375. The molecule has 0 aliphatic rings. The van der Waals surface area contributed by atoms with E-state index in [-0.39, 0.29) is 0 Å². The number of hydrogen-bond acceptors (Lipinski definition) is 5. The second-order valence-electron chi connectivity index (χ2n) is 9.41. The van der Waals surface area contributed by atoms with Gasteiger partial charge in [0.2, 0.25) is 6.41 Å². The average Bonchev–Trinajstić information content (AvgIpc) is 3.31. The third-order valence-electron chi connectivity index (χ3n) is 5.70. The van der Waals surface area contributed by atoms with Gasteiger partial charge in [0.1, 0.15) is 18.0 Å². The Labute approximate surface area is 194 Å². The molecule has 3 heterocycles. The van der Waals surface area contributed by atoms with E-state index in [0.717, 1.165) is 45.1 Å². The van der Waals surface area contributed by atoms with Crippen LogP contribution in [-0.4, -0.2) is 47.3 Å². The minimum atomic E-state index is -1.19. The maximum Gasteiger partial charge on any atom is 0.207 e. The number of carbonyl (C=O) groups is 1. The molecule has 1 aromatic carbocycles. The van der Waals surface area contributed by atoms with Crippen molar-refractivity contribution >= 4 is 36.6 Å². The molecular formula is C24H31N5O3Si. The number of hydrogen-bond donors (Lipinski definition) is 1. The molecule has 0 spiro atoms. The lowest BCUT2D eigenvalue weighted by Gasteiger charge is -2.16. The molecule has 0 aliphatic carbocycles. The molecule has 0 atom stereocenters. The van der Waals surface area contributed by atoms with Crippen LogP contribution in [-0.2, 0) is 29.9 Å². The number of ether oxygens (including phenoxy) is 2. The van der Waals surface area contributed by atoms with Gasteiger partial charge in [-0.05, 0) is 30.3 Å². The number of nitrogens with zero attached hydrogens (tertiary/aromatic N) is 4. The fourth-order valence-electron chi connectivity index (χ4n) is 3.88. The van der Waals surface area contributed by atoms with Crippen LogP contribution in [0.5, 0.6) is 5.75 Å². The summed E-state index contributed by atoms with van der Waals surface area (Å²) in [5.74, 6) is 0.808. The molecule has 0 bridgehead atoms. The van der Waals surface area contributed by atoms with E-state index in [0.29, 0.717) is 32.0 Å². The van der Waals surface area contributed by atoms with E-state index in [1.54, 1.807) is 13.3 Å². The van der Waals surface area contributed by atoms with E-state index in [9.17, 15) is 4.79 Å². The Hall–Kier alpha value is -3.17. The number of carbonyl (C=O) groups excluding carboxylic acids is 1. The van der Waals surface area contributed by atoms with Crippen LogP contribution in [0.1, 0.15) is 5.69 Å². The van der Waals surface area contributed by atoms with Crippen molar-refractivity contribution in [2.45, 2.75) is 39.0 Å². The predicted molar refractivity (Wildman–Crippen MR) is 133 cm³/mol. The number of aryl methyl sites for hydroxylation is 1. The molecule has 0 radical (unpaired) electrons. The molecule has 0 saturated carbocycles. The predicted octanol–water partition coefficient (Wildman–Crippen LogP) is 4.16. The van der Waals surface area contributed by atoms with Crippen LogP contribution in [0, 0.1) is 0 Å². The Kier molecular flexibility index (Phi) is 6.53. The van der Waals surface area contributed by atoms with Crippen molar-refractivity contribution in [3.63, 3.8) is 0 Å². The monoisotopic (exact) mass is 465 g/mol. The molecule has 1 amide bonds. The van der Waals surface area contributed by atoms with Gasteiger partial charge >= 0.3 is 0 Å². The highest BCUT2D eigenvalue weighted by Crippen LogP contribution is 2.35.